The lowest BCUT2D eigenvalue weighted by Crippen LogP contribution is -2.43. The first-order chi connectivity index (χ1) is 10.8. The number of rotatable bonds is 6. The van der Waals surface area contributed by atoms with Gasteiger partial charge in [0, 0.05) is 11.3 Å². The van der Waals surface area contributed by atoms with Crippen LogP contribution in [0.4, 0.5) is 0 Å². The van der Waals surface area contributed by atoms with Gasteiger partial charge in [0.1, 0.15) is 5.75 Å². The number of aliphatic carboxylic acids is 1. The molecule has 0 aliphatic carbocycles. The molecule has 2 N–H and O–H groups in total. The molecule has 8 heteroatoms. The van der Waals surface area contributed by atoms with E-state index in [0.29, 0.717) is 0 Å². The normalized spacial score (nSPS) is 13.8. The van der Waals surface area contributed by atoms with Gasteiger partial charge in [-0.05, 0) is 19.1 Å². The minimum atomic E-state index is -2.37. The van der Waals surface area contributed by atoms with Gasteiger partial charge in [-0.25, -0.2) is 9.59 Å². The number of carboxylic acids is 1. The summed E-state index contributed by atoms with van der Waals surface area (Å²) in [5.74, 6) is -3.42. The van der Waals surface area contributed by atoms with Crippen molar-refractivity contribution in [2.45, 2.75) is 18.9 Å². The average molecular weight is 323 g/mol. The van der Waals surface area contributed by atoms with Gasteiger partial charge in [0.25, 0.3) is 5.54 Å². The van der Waals surface area contributed by atoms with E-state index >= 15 is 0 Å². The first kappa shape index (κ1) is 18.1. The Kier molecular flexibility index (Phi) is 5.83. The third-order valence-electron chi connectivity index (χ3n) is 3.06. The molecule has 0 fully saturated rings. The highest BCUT2D eigenvalue weighted by Gasteiger charge is 2.49. The van der Waals surface area contributed by atoms with E-state index in [0.717, 1.165) is 7.11 Å². The van der Waals surface area contributed by atoms with Crippen LogP contribution in [-0.4, -0.2) is 48.1 Å². The van der Waals surface area contributed by atoms with Gasteiger partial charge in [-0.1, -0.05) is 12.1 Å². The van der Waals surface area contributed by atoms with Crippen molar-refractivity contribution in [1.82, 2.24) is 0 Å². The number of carboxylic acid groups (broad SMARTS) is 1. The van der Waals surface area contributed by atoms with Crippen molar-refractivity contribution in [2.75, 3.05) is 14.2 Å². The molecule has 0 radical (unpaired) electrons. The Labute approximate surface area is 132 Å². The van der Waals surface area contributed by atoms with Crippen molar-refractivity contribution in [2.24, 2.45) is 4.99 Å². The first-order valence-electron chi connectivity index (χ1n) is 6.51. The highest BCUT2D eigenvalue weighted by molar-refractivity contribution is 6.08. The molecule has 0 aliphatic heterocycles. The Morgan fingerprint density at radius 3 is 2.13 bits per heavy atom. The number of phenolic OH excluding ortho intramolecular Hbond substituents is 1. The number of ether oxygens (including phenoxy) is 2. The molecule has 1 aromatic rings. The number of aliphatic imine (C=N–C) groups is 1. The number of benzene rings is 1. The molecule has 1 rings (SSSR count). The first-order valence-corrected chi connectivity index (χ1v) is 6.51. The van der Waals surface area contributed by atoms with Crippen LogP contribution >= 0.6 is 0 Å². The second-order valence-corrected chi connectivity index (χ2v) is 4.65. The van der Waals surface area contributed by atoms with Crippen molar-refractivity contribution in [3.8, 4) is 5.75 Å². The predicted octanol–water partition coefficient (Wildman–Crippen LogP) is 0.869. The molecular weight excluding hydrogens is 306 g/mol. The Morgan fingerprint density at radius 1 is 1.13 bits per heavy atom. The summed E-state index contributed by atoms with van der Waals surface area (Å²) >= 11 is 0. The molecule has 0 saturated carbocycles. The van der Waals surface area contributed by atoms with Crippen LogP contribution in [0.1, 0.15) is 18.9 Å². The van der Waals surface area contributed by atoms with Crippen molar-refractivity contribution in [3.63, 3.8) is 0 Å². The number of methoxy groups -OCH3 is 2. The average Bonchev–Trinajstić information content (AvgIpc) is 2.52. The van der Waals surface area contributed by atoms with E-state index in [1.54, 1.807) is 0 Å². The Morgan fingerprint density at radius 2 is 1.70 bits per heavy atom. The molecule has 0 aliphatic rings. The van der Waals surface area contributed by atoms with Gasteiger partial charge in [0.05, 0.1) is 20.6 Å². The highest BCUT2D eigenvalue weighted by Crippen LogP contribution is 2.30. The number of phenols is 1. The smallest absolute Gasteiger partial charge is 0.350 e. The topological polar surface area (TPSA) is 122 Å². The molecule has 8 nitrogen and oxygen atoms in total. The number of hydrogen-bond acceptors (Lipinski definition) is 7. The lowest BCUT2D eigenvalue weighted by Gasteiger charge is -2.24. The maximum Gasteiger partial charge on any atom is 0.350 e. The van der Waals surface area contributed by atoms with Gasteiger partial charge >= 0.3 is 17.9 Å². The Balaban J connectivity index is 3.49. The molecule has 23 heavy (non-hydrogen) atoms. The zero-order valence-electron chi connectivity index (χ0n) is 12.9. The predicted molar refractivity (Wildman–Crippen MR) is 79.2 cm³/mol. The Bertz CT molecular complexity index is 636. The molecule has 1 unspecified atom stereocenters. The molecule has 0 saturated heterocycles. The summed E-state index contributed by atoms with van der Waals surface area (Å²) in [6.07, 6.45) is -0.277. The molecule has 1 aromatic carbocycles. The van der Waals surface area contributed by atoms with Crippen molar-refractivity contribution >= 4 is 23.6 Å². The fraction of sp³-hybridized carbons (Fsp3) is 0.333. The third-order valence-corrected chi connectivity index (χ3v) is 3.06. The van der Waals surface area contributed by atoms with Crippen molar-refractivity contribution in [3.05, 3.63) is 29.8 Å². The van der Waals surface area contributed by atoms with Crippen LogP contribution in [0.3, 0.4) is 0 Å². The summed E-state index contributed by atoms with van der Waals surface area (Å²) in [4.78, 5) is 39.2. The van der Waals surface area contributed by atoms with Crippen LogP contribution in [0.5, 0.6) is 5.75 Å². The van der Waals surface area contributed by atoms with Crippen LogP contribution in [0, 0.1) is 0 Å². The summed E-state index contributed by atoms with van der Waals surface area (Å²) < 4.78 is 9.08. The van der Waals surface area contributed by atoms with E-state index in [1.807, 2.05) is 0 Å². The van der Waals surface area contributed by atoms with Gasteiger partial charge < -0.3 is 19.7 Å². The van der Waals surface area contributed by atoms with E-state index in [2.05, 4.69) is 14.5 Å². The summed E-state index contributed by atoms with van der Waals surface area (Å²) in [7, 11) is 2.21. The summed E-state index contributed by atoms with van der Waals surface area (Å²) in [6.45, 7) is 1.40. The molecule has 0 bridgehead atoms. The molecule has 124 valence electrons. The van der Waals surface area contributed by atoms with Gasteiger partial charge in [0.2, 0.25) is 0 Å². The Hall–Kier alpha value is -2.90. The maximum atomic E-state index is 12.2. The molecule has 0 aromatic heterocycles. The summed E-state index contributed by atoms with van der Waals surface area (Å²) in [5, 5.41) is 18.9. The van der Waals surface area contributed by atoms with Crippen LogP contribution < -0.4 is 0 Å². The monoisotopic (exact) mass is 323 g/mol. The number of aromatic hydroxyl groups is 1. The maximum absolute atomic E-state index is 12.2. The minimum Gasteiger partial charge on any atom is -0.508 e. The third kappa shape index (κ3) is 3.85. The number of esters is 2. The fourth-order valence-corrected chi connectivity index (χ4v) is 1.94. The van der Waals surface area contributed by atoms with E-state index in [1.165, 1.54) is 38.3 Å². The quantitative estimate of drug-likeness (QED) is 0.452. The van der Waals surface area contributed by atoms with Crippen molar-refractivity contribution < 1.29 is 34.1 Å². The lowest BCUT2D eigenvalue weighted by atomic mass is 9.90. The van der Waals surface area contributed by atoms with E-state index in [9.17, 15) is 24.6 Å². The summed E-state index contributed by atoms with van der Waals surface area (Å²) in [5.41, 5.74) is -2.31. The molecule has 1 atom stereocenters. The van der Waals surface area contributed by atoms with Crippen LogP contribution in [0.25, 0.3) is 0 Å². The number of nitrogens with zero attached hydrogens (tertiary/aromatic N) is 1. The molecule has 0 amide bonds. The number of carbonyl (C=O) groups excluding carboxylic acids is 2. The van der Waals surface area contributed by atoms with Crippen LogP contribution in [0.2, 0.25) is 0 Å². The van der Waals surface area contributed by atoms with Gasteiger partial charge in [-0.15, -0.1) is 0 Å². The second-order valence-electron chi connectivity index (χ2n) is 4.65. The number of carbonyl (C=O) groups is 3. The van der Waals surface area contributed by atoms with Crippen LogP contribution in [-0.2, 0) is 29.4 Å². The zero-order valence-corrected chi connectivity index (χ0v) is 12.9. The molecular formula is C15H17NO7. The SMILES string of the molecule is COC(=O)CC(C)=NC(C(=O)O)(C(=O)OC)c1ccc(O)cc1. The zero-order chi connectivity index (χ0) is 17.6. The largest absolute Gasteiger partial charge is 0.508 e. The fourth-order valence-electron chi connectivity index (χ4n) is 1.94. The van der Waals surface area contributed by atoms with E-state index in [-0.39, 0.29) is 23.4 Å². The molecule has 0 spiro atoms. The molecule has 0 heterocycles. The van der Waals surface area contributed by atoms with Crippen LogP contribution in [0.15, 0.2) is 29.3 Å². The number of hydrogen-bond donors (Lipinski definition) is 2. The van der Waals surface area contributed by atoms with Gasteiger partial charge in [-0.2, -0.15) is 0 Å². The lowest BCUT2D eigenvalue weighted by molar-refractivity contribution is -0.159. The van der Waals surface area contributed by atoms with E-state index < -0.39 is 23.4 Å². The minimum absolute atomic E-state index is 0.0149. The van der Waals surface area contributed by atoms with Gasteiger partial charge in [0.15, 0.2) is 0 Å². The second kappa shape index (κ2) is 7.39. The standard InChI is InChI=1S/C15H17NO7/c1-9(8-12(18)22-2)16-15(13(19)20,14(21)23-3)10-4-6-11(17)7-5-10/h4-7,17H,8H2,1-3H3,(H,19,20). The highest BCUT2D eigenvalue weighted by atomic mass is 16.5. The van der Waals surface area contributed by atoms with Gasteiger partial charge in [-0.3, -0.25) is 9.79 Å². The summed E-state index contributed by atoms with van der Waals surface area (Å²) in [6, 6.07) is 4.94. The van der Waals surface area contributed by atoms with Crippen molar-refractivity contribution in [1.29, 1.82) is 0 Å². The van der Waals surface area contributed by atoms with E-state index in [4.69, 9.17) is 0 Å².